The highest BCUT2D eigenvalue weighted by molar-refractivity contribution is 9.10. The number of hydrogen-bond acceptors (Lipinski definition) is 3. The number of hydrogen-bond donors (Lipinski definition) is 0. The molecule has 112 valence electrons. The van der Waals surface area contributed by atoms with Crippen molar-refractivity contribution in [2.75, 3.05) is 13.2 Å². The lowest BCUT2D eigenvalue weighted by atomic mass is 10.0. The van der Waals surface area contributed by atoms with E-state index in [9.17, 15) is 0 Å². The molecule has 0 saturated carbocycles. The molecule has 1 aliphatic rings. The summed E-state index contributed by atoms with van der Waals surface area (Å²) in [5.41, 5.74) is 0.812. The molecule has 0 aromatic heterocycles. The molecule has 0 aliphatic carbocycles. The first-order valence-corrected chi connectivity index (χ1v) is 7.96. The van der Waals surface area contributed by atoms with Crippen LogP contribution in [0.4, 0.5) is 0 Å². The first-order chi connectivity index (χ1) is 9.56. The van der Waals surface area contributed by atoms with Gasteiger partial charge >= 0.3 is 0 Å². The molecule has 0 amide bonds. The maximum Gasteiger partial charge on any atom is 0.160 e. The molecular formula is C16H23BrO3. The Morgan fingerprint density at radius 2 is 1.95 bits per heavy atom. The maximum atomic E-state index is 6.13. The lowest BCUT2D eigenvalue weighted by Crippen LogP contribution is -2.50. The highest BCUT2D eigenvalue weighted by atomic mass is 79.9. The molecule has 1 aromatic carbocycles. The molecule has 1 saturated heterocycles. The summed E-state index contributed by atoms with van der Waals surface area (Å²) >= 11 is 3.55. The summed E-state index contributed by atoms with van der Waals surface area (Å²) in [4.78, 5) is 0. The summed E-state index contributed by atoms with van der Waals surface area (Å²) in [5, 5.41) is 0. The molecule has 0 atom stereocenters. The molecular weight excluding hydrogens is 320 g/mol. The average molecular weight is 343 g/mol. The van der Waals surface area contributed by atoms with Gasteiger partial charge in [-0.2, -0.15) is 0 Å². The van der Waals surface area contributed by atoms with Crippen LogP contribution in [0.3, 0.4) is 0 Å². The van der Waals surface area contributed by atoms with E-state index in [2.05, 4.69) is 42.8 Å². The van der Waals surface area contributed by atoms with Crippen molar-refractivity contribution in [2.24, 2.45) is 5.92 Å². The van der Waals surface area contributed by atoms with Crippen LogP contribution in [0.25, 0.3) is 0 Å². The summed E-state index contributed by atoms with van der Waals surface area (Å²) in [6.45, 7) is 8.07. The molecule has 0 spiro atoms. The van der Waals surface area contributed by atoms with Crippen LogP contribution in [0.5, 0.6) is 0 Å². The van der Waals surface area contributed by atoms with Crippen molar-refractivity contribution < 1.29 is 14.2 Å². The summed E-state index contributed by atoms with van der Waals surface area (Å²) in [7, 11) is 0. The first-order valence-electron chi connectivity index (χ1n) is 7.17. The van der Waals surface area contributed by atoms with Gasteiger partial charge in [0.15, 0.2) is 6.29 Å². The zero-order chi connectivity index (χ0) is 14.6. The van der Waals surface area contributed by atoms with E-state index in [1.165, 1.54) is 0 Å². The van der Waals surface area contributed by atoms with E-state index in [-0.39, 0.29) is 11.9 Å². The van der Waals surface area contributed by atoms with E-state index < -0.39 is 0 Å². The Balaban J connectivity index is 1.95. The van der Waals surface area contributed by atoms with Crippen LogP contribution in [0, 0.1) is 5.92 Å². The monoisotopic (exact) mass is 342 g/mol. The van der Waals surface area contributed by atoms with Crippen LogP contribution in [0.15, 0.2) is 28.7 Å². The zero-order valence-corrected chi connectivity index (χ0v) is 14.0. The Hall–Kier alpha value is -0.420. The number of halogens is 1. The summed E-state index contributed by atoms with van der Waals surface area (Å²) in [6, 6.07) is 8.11. The van der Waals surface area contributed by atoms with Crippen molar-refractivity contribution in [3.05, 3.63) is 34.3 Å². The molecule has 0 radical (unpaired) electrons. The van der Waals surface area contributed by atoms with Crippen molar-refractivity contribution in [2.45, 2.75) is 45.7 Å². The fourth-order valence-electron chi connectivity index (χ4n) is 2.18. The molecule has 1 aliphatic heterocycles. The van der Waals surface area contributed by atoms with Crippen LogP contribution in [-0.4, -0.2) is 25.1 Å². The highest BCUT2D eigenvalue weighted by Gasteiger charge is 2.37. The van der Waals surface area contributed by atoms with Crippen LogP contribution < -0.4 is 0 Å². The third-order valence-electron chi connectivity index (χ3n) is 3.70. The largest absolute Gasteiger partial charge is 0.365 e. The second kappa shape index (κ2) is 7.03. The first kappa shape index (κ1) is 16.0. The average Bonchev–Trinajstić information content (AvgIpc) is 2.47. The van der Waals surface area contributed by atoms with E-state index in [0.29, 0.717) is 25.7 Å². The van der Waals surface area contributed by atoms with Gasteiger partial charge in [-0.1, -0.05) is 54.9 Å². The van der Waals surface area contributed by atoms with E-state index in [0.717, 1.165) is 16.5 Å². The van der Waals surface area contributed by atoms with Gasteiger partial charge in [-0.3, -0.25) is 0 Å². The van der Waals surface area contributed by atoms with E-state index in [1.54, 1.807) is 0 Å². The quantitative estimate of drug-likeness (QED) is 0.804. The SMILES string of the molecule is CC[C@]1(OCc2ccccc2Br)CO[C@@H](C(C)C)OC1. The molecule has 1 aromatic rings. The Morgan fingerprint density at radius 1 is 1.30 bits per heavy atom. The number of benzene rings is 1. The minimum Gasteiger partial charge on any atom is -0.365 e. The van der Waals surface area contributed by atoms with Gasteiger partial charge in [-0.25, -0.2) is 0 Å². The highest BCUT2D eigenvalue weighted by Crippen LogP contribution is 2.28. The van der Waals surface area contributed by atoms with Gasteiger partial charge in [-0.15, -0.1) is 0 Å². The third kappa shape index (κ3) is 3.82. The normalized spacial score (nSPS) is 26.9. The predicted molar refractivity (Wildman–Crippen MR) is 82.5 cm³/mol. The fourth-order valence-corrected chi connectivity index (χ4v) is 2.58. The summed E-state index contributed by atoms with van der Waals surface area (Å²) in [6.07, 6.45) is 0.768. The van der Waals surface area contributed by atoms with Crippen molar-refractivity contribution in [3.8, 4) is 0 Å². The Morgan fingerprint density at radius 3 is 2.50 bits per heavy atom. The minimum absolute atomic E-state index is 0.110. The molecule has 0 bridgehead atoms. The number of rotatable bonds is 5. The van der Waals surface area contributed by atoms with Gasteiger partial charge in [-0.05, 0) is 18.1 Å². The molecule has 1 fully saturated rings. The maximum absolute atomic E-state index is 6.13. The Labute approximate surface area is 129 Å². The molecule has 20 heavy (non-hydrogen) atoms. The van der Waals surface area contributed by atoms with E-state index in [1.807, 2.05) is 18.2 Å². The molecule has 2 rings (SSSR count). The van der Waals surface area contributed by atoms with Crippen LogP contribution in [0.1, 0.15) is 32.8 Å². The van der Waals surface area contributed by atoms with Crippen molar-refractivity contribution >= 4 is 15.9 Å². The Bertz CT molecular complexity index is 425. The lowest BCUT2D eigenvalue weighted by molar-refractivity contribution is -0.280. The van der Waals surface area contributed by atoms with E-state index in [4.69, 9.17) is 14.2 Å². The number of ether oxygens (including phenoxy) is 3. The van der Waals surface area contributed by atoms with Gasteiger partial charge in [0.25, 0.3) is 0 Å². The molecule has 0 N–H and O–H groups in total. The molecule has 1 heterocycles. The molecule has 4 heteroatoms. The second-order valence-corrected chi connectivity index (χ2v) is 6.51. The van der Waals surface area contributed by atoms with Gasteiger partial charge in [0.1, 0.15) is 5.60 Å². The molecule has 0 unspecified atom stereocenters. The standard InChI is InChI=1S/C16H23BrO3/c1-4-16(10-18-15(12(2)3)19-11-16)20-9-13-7-5-6-8-14(13)17/h5-8,12,15H,4,9-11H2,1-3H3/t15-,16+. The van der Waals surface area contributed by atoms with Gasteiger partial charge < -0.3 is 14.2 Å². The van der Waals surface area contributed by atoms with E-state index >= 15 is 0 Å². The van der Waals surface area contributed by atoms with Gasteiger partial charge in [0, 0.05) is 10.4 Å². The smallest absolute Gasteiger partial charge is 0.160 e. The zero-order valence-electron chi connectivity index (χ0n) is 12.4. The summed E-state index contributed by atoms with van der Waals surface area (Å²) < 4.78 is 18.8. The lowest BCUT2D eigenvalue weighted by Gasteiger charge is -2.40. The third-order valence-corrected chi connectivity index (χ3v) is 4.48. The topological polar surface area (TPSA) is 27.7 Å². The van der Waals surface area contributed by atoms with Crippen molar-refractivity contribution in [1.29, 1.82) is 0 Å². The van der Waals surface area contributed by atoms with Gasteiger partial charge in [0.05, 0.1) is 19.8 Å². The van der Waals surface area contributed by atoms with Crippen LogP contribution in [0.2, 0.25) is 0 Å². The second-order valence-electron chi connectivity index (χ2n) is 5.65. The Kier molecular flexibility index (Phi) is 5.61. The van der Waals surface area contributed by atoms with Crippen molar-refractivity contribution in [1.82, 2.24) is 0 Å². The van der Waals surface area contributed by atoms with Crippen molar-refractivity contribution in [3.63, 3.8) is 0 Å². The summed E-state index contributed by atoms with van der Waals surface area (Å²) in [5.74, 6) is 0.369. The van der Waals surface area contributed by atoms with Crippen LogP contribution >= 0.6 is 15.9 Å². The fraction of sp³-hybridized carbons (Fsp3) is 0.625. The van der Waals surface area contributed by atoms with Gasteiger partial charge in [0.2, 0.25) is 0 Å². The predicted octanol–water partition coefficient (Wildman–Crippen LogP) is 4.14. The minimum atomic E-state index is -0.333. The van der Waals surface area contributed by atoms with Crippen LogP contribution in [-0.2, 0) is 20.8 Å². The molecule has 3 nitrogen and oxygen atoms in total.